The van der Waals surface area contributed by atoms with Crippen molar-refractivity contribution in [2.24, 2.45) is 0 Å². The van der Waals surface area contributed by atoms with Gasteiger partial charge in [-0.3, -0.25) is 0 Å². The maximum Gasteiger partial charge on any atom is 0.223 e. The van der Waals surface area contributed by atoms with E-state index in [-0.39, 0.29) is 6.61 Å². The summed E-state index contributed by atoms with van der Waals surface area (Å²) in [5.41, 5.74) is 1.51. The van der Waals surface area contributed by atoms with Gasteiger partial charge in [-0.1, -0.05) is 0 Å². The lowest BCUT2D eigenvalue weighted by molar-refractivity contribution is 0.276. The Morgan fingerprint density at radius 3 is 2.69 bits per heavy atom. The highest BCUT2D eigenvalue weighted by Crippen LogP contribution is 2.05. The van der Waals surface area contributed by atoms with Crippen molar-refractivity contribution in [2.75, 3.05) is 5.32 Å². The molecular weight excluding hydrogens is 166 g/mol. The number of nitrogens with zero attached hydrogens (tertiary/aromatic N) is 2. The lowest BCUT2D eigenvalue weighted by Crippen LogP contribution is -2.13. The number of anilines is 1. The van der Waals surface area contributed by atoms with Gasteiger partial charge in [-0.05, 0) is 26.8 Å². The molecule has 2 N–H and O–H groups in total. The Labute approximate surface area is 78.0 Å². The summed E-state index contributed by atoms with van der Waals surface area (Å²) < 4.78 is 0. The molecule has 4 nitrogen and oxygen atoms in total. The molecule has 0 saturated heterocycles. The summed E-state index contributed by atoms with van der Waals surface area (Å²) in [7, 11) is 0. The quantitative estimate of drug-likeness (QED) is 0.733. The van der Waals surface area contributed by atoms with Crippen molar-refractivity contribution in [1.82, 2.24) is 9.97 Å². The summed E-state index contributed by atoms with van der Waals surface area (Å²) in [6.07, 6.45) is 0. The largest absolute Gasteiger partial charge is 0.390 e. The van der Waals surface area contributed by atoms with Crippen LogP contribution in [0, 0.1) is 6.92 Å². The number of hydrogen-bond donors (Lipinski definition) is 2. The van der Waals surface area contributed by atoms with E-state index in [0.717, 1.165) is 5.69 Å². The molecule has 0 radical (unpaired) electrons. The smallest absolute Gasteiger partial charge is 0.223 e. The number of rotatable bonds is 3. The van der Waals surface area contributed by atoms with E-state index < -0.39 is 0 Å². The fourth-order valence-corrected chi connectivity index (χ4v) is 1.04. The predicted octanol–water partition coefficient (Wildman–Crippen LogP) is 1.10. The zero-order valence-electron chi connectivity index (χ0n) is 8.20. The number of aliphatic hydroxyl groups is 1. The molecule has 0 aromatic carbocycles. The van der Waals surface area contributed by atoms with Gasteiger partial charge >= 0.3 is 0 Å². The number of nitrogens with one attached hydrogen (secondary N) is 1. The summed E-state index contributed by atoms with van der Waals surface area (Å²) >= 11 is 0. The van der Waals surface area contributed by atoms with Crippen LogP contribution < -0.4 is 5.32 Å². The van der Waals surface area contributed by atoms with E-state index in [9.17, 15) is 0 Å². The summed E-state index contributed by atoms with van der Waals surface area (Å²) in [5.74, 6) is 0.582. The second kappa shape index (κ2) is 4.18. The molecule has 0 aliphatic heterocycles. The molecule has 1 rings (SSSR count). The van der Waals surface area contributed by atoms with E-state index in [2.05, 4.69) is 15.3 Å². The van der Waals surface area contributed by atoms with Gasteiger partial charge in [0.25, 0.3) is 0 Å². The van der Waals surface area contributed by atoms with Gasteiger partial charge < -0.3 is 10.4 Å². The standard InChI is InChI=1S/C9H15N3O/c1-6(2)10-9-11-7(3)4-8(5-13)12-9/h4,6,13H,5H2,1-3H3,(H,10,11,12). The fraction of sp³-hybridized carbons (Fsp3) is 0.556. The zero-order valence-corrected chi connectivity index (χ0v) is 8.20. The van der Waals surface area contributed by atoms with E-state index in [1.165, 1.54) is 0 Å². The van der Waals surface area contributed by atoms with Crippen LogP contribution in [-0.4, -0.2) is 21.1 Å². The normalized spacial score (nSPS) is 10.5. The van der Waals surface area contributed by atoms with Crippen LogP contribution >= 0.6 is 0 Å². The lowest BCUT2D eigenvalue weighted by Gasteiger charge is -2.09. The molecule has 0 amide bonds. The Hall–Kier alpha value is -1.16. The maximum absolute atomic E-state index is 8.90. The Morgan fingerprint density at radius 1 is 1.46 bits per heavy atom. The summed E-state index contributed by atoms with van der Waals surface area (Å²) in [5, 5.41) is 12.0. The predicted molar refractivity (Wildman–Crippen MR) is 51.5 cm³/mol. The van der Waals surface area contributed by atoms with Crippen LogP contribution in [-0.2, 0) is 6.61 Å². The second-order valence-electron chi connectivity index (χ2n) is 3.28. The van der Waals surface area contributed by atoms with Crippen LogP contribution in [0.25, 0.3) is 0 Å². The van der Waals surface area contributed by atoms with E-state index in [4.69, 9.17) is 5.11 Å². The topological polar surface area (TPSA) is 58.0 Å². The van der Waals surface area contributed by atoms with Gasteiger partial charge in [0.2, 0.25) is 5.95 Å². The third kappa shape index (κ3) is 2.99. The molecule has 0 aliphatic rings. The number of aryl methyl sites for hydroxylation is 1. The first kappa shape index (κ1) is 9.92. The molecule has 4 heteroatoms. The molecule has 0 atom stereocenters. The monoisotopic (exact) mass is 181 g/mol. The van der Waals surface area contributed by atoms with Gasteiger partial charge in [0.1, 0.15) is 0 Å². The number of aliphatic hydroxyl groups excluding tert-OH is 1. The van der Waals surface area contributed by atoms with Gasteiger partial charge in [0.05, 0.1) is 12.3 Å². The molecular formula is C9H15N3O. The van der Waals surface area contributed by atoms with Gasteiger partial charge in [-0.25, -0.2) is 9.97 Å². The van der Waals surface area contributed by atoms with E-state index in [1.807, 2.05) is 20.8 Å². The van der Waals surface area contributed by atoms with Crippen LogP contribution in [0.3, 0.4) is 0 Å². The molecule has 1 aromatic rings. The molecule has 0 unspecified atom stereocenters. The lowest BCUT2D eigenvalue weighted by atomic mass is 10.3. The van der Waals surface area contributed by atoms with Gasteiger partial charge in [0.15, 0.2) is 0 Å². The SMILES string of the molecule is Cc1cc(CO)nc(NC(C)C)n1. The molecule has 72 valence electrons. The molecule has 0 fully saturated rings. The van der Waals surface area contributed by atoms with Gasteiger partial charge in [-0.2, -0.15) is 0 Å². The van der Waals surface area contributed by atoms with Crippen LogP contribution in [0.2, 0.25) is 0 Å². The van der Waals surface area contributed by atoms with E-state index in [1.54, 1.807) is 6.07 Å². The molecule has 0 aliphatic carbocycles. The van der Waals surface area contributed by atoms with Crippen molar-refractivity contribution < 1.29 is 5.11 Å². The van der Waals surface area contributed by atoms with Crippen LogP contribution in [0.15, 0.2) is 6.07 Å². The molecule has 0 spiro atoms. The minimum Gasteiger partial charge on any atom is -0.390 e. The molecule has 1 heterocycles. The highest BCUT2D eigenvalue weighted by atomic mass is 16.3. The van der Waals surface area contributed by atoms with Gasteiger partial charge in [-0.15, -0.1) is 0 Å². The number of aromatic nitrogens is 2. The summed E-state index contributed by atoms with van der Waals surface area (Å²) in [6, 6.07) is 2.07. The average molecular weight is 181 g/mol. The van der Waals surface area contributed by atoms with Crippen molar-refractivity contribution >= 4 is 5.95 Å². The Bertz CT molecular complexity index is 286. The third-order valence-corrected chi connectivity index (χ3v) is 1.49. The van der Waals surface area contributed by atoms with Crippen LogP contribution in [0.4, 0.5) is 5.95 Å². The molecule has 13 heavy (non-hydrogen) atoms. The minimum absolute atomic E-state index is 0.0455. The van der Waals surface area contributed by atoms with Crippen LogP contribution in [0.5, 0.6) is 0 Å². The second-order valence-corrected chi connectivity index (χ2v) is 3.28. The zero-order chi connectivity index (χ0) is 9.84. The average Bonchev–Trinajstić information content (AvgIpc) is 2.01. The van der Waals surface area contributed by atoms with E-state index >= 15 is 0 Å². The van der Waals surface area contributed by atoms with Crippen molar-refractivity contribution in [1.29, 1.82) is 0 Å². The van der Waals surface area contributed by atoms with Crippen molar-refractivity contribution in [2.45, 2.75) is 33.4 Å². The molecule has 0 saturated carbocycles. The fourth-order valence-electron chi connectivity index (χ4n) is 1.04. The summed E-state index contributed by atoms with van der Waals surface area (Å²) in [4.78, 5) is 8.31. The highest BCUT2D eigenvalue weighted by molar-refractivity contribution is 5.28. The minimum atomic E-state index is -0.0455. The van der Waals surface area contributed by atoms with E-state index in [0.29, 0.717) is 17.7 Å². The van der Waals surface area contributed by atoms with Crippen LogP contribution in [0.1, 0.15) is 25.2 Å². The highest BCUT2D eigenvalue weighted by Gasteiger charge is 2.01. The van der Waals surface area contributed by atoms with Crippen molar-refractivity contribution in [3.63, 3.8) is 0 Å². The maximum atomic E-state index is 8.90. The van der Waals surface area contributed by atoms with Crippen molar-refractivity contribution in [3.05, 3.63) is 17.5 Å². The number of hydrogen-bond acceptors (Lipinski definition) is 4. The molecule has 1 aromatic heterocycles. The van der Waals surface area contributed by atoms with Gasteiger partial charge in [0, 0.05) is 11.7 Å². The Balaban J connectivity index is 2.88. The Kier molecular flexibility index (Phi) is 3.19. The third-order valence-electron chi connectivity index (χ3n) is 1.49. The molecule has 0 bridgehead atoms. The Morgan fingerprint density at radius 2 is 2.15 bits per heavy atom. The van der Waals surface area contributed by atoms with Crippen molar-refractivity contribution in [3.8, 4) is 0 Å². The first-order valence-electron chi connectivity index (χ1n) is 4.33. The first-order valence-corrected chi connectivity index (χ1v) is 4.33. The first-order chi connectivity index (χ1) is 6.11. The summed E-state index contributed by atoms with van der Waals surface area (Å²) in [6.45, 7) is 5.87.